The molecule has 0 heterocycles. The summed E-state index contributed by atoms with van der Waals surface area (Å²) in [5.74, 6) is 0.687. The molecule has 0 bridgehead atoms. The van der Waals surface area contributed by atoms with Crippen LogP contribution in [0.4, 0.5) is 5.69 Å². The Kier molecular flexibility index (Phi) is 4.25. The average Bonchev–Trinajstić information content (AvgIpc) is 3.20. The molecular weight excluding hydrogens is 276 g/mol. The Hall–Kier alpha value is -1.27. The maximum absolute atomic E-state index is 12.8. The Bertz CT molecular complexity index is 580. The summed E-state index contributed by atoms with van der Waals surface area (Å²) in [6.45, 7) is 4.59. The fraction of sp³-hybridized carbons (Fsp3) is 0.571. The summed E-state index contributed by atoms with van der Waals surface area (Å²) in [6.07, 6.45) is 1.89. The van der Waals surface area contributed by atoms with Crippen molar-refractivity contribution >= 4 is 15.7 Å². The largest absolute Gasteiger partial charge is 0.495 e. The third-order valence-corrected chi connectivity index (χ3v) is 5.23. The second-order valence-electron chi connectivity index (χ2n) is 5.60. The third kappa shape index (κ3) is 3.07. The predicted molar refractivity (Wildman–Crippen MR) is 79.2 cm³/mol. The molecule has 5 nitrogen and oxygen atoms in total. The number of hydrogen-bond acceptors (Lipinski definition) is 4. The lowest BCUT2D eigenvalue weighted by Gasteiger charge is -2.24. The van der Waals surface area contributed by atoms with Crippen molar-refractivity contribution in [3.8, 4) is 5.75 Å². The molecule has 20 heavy (non-hydrogen) atoms. The Balaban J connectivity index is 2.37. The van der Waals surface area contributed by atoms with E-state index in [1.165, 1.54) is 13.2 Å². The van der Waals surface area contributed by atoms with Crippen LogP contribution in [-0.2, 0) is 10.0 Å². The van der Waals surface area contributed by atoms with Crippen molar-refractivity contribution in [3.05, 3.63) is 18.2 Å². The Labute approximate surface area is 120 Å². The summed E-state index contributed by atoms with van der Waals surface area (Å²) in [6, 6.07) is 4.76. The first-order valence-electron chi connectivity index (χ1n) is 6.81. The standard InChI is InChI=1S/C14H22N2O3S/c1-10(2)9-16(11-4-5-11)20(17,18)12-6-7-13(15)14(8-12)19-3/h6-8,10-11H,4-5,9,15H2,1-3H3. The number of nitrogens with zero attached hydrogens (tertiary/aromatic N) is 1. The fourth-order valence-corrected chi connectivity index (χ4v) is 4.02. The van der Waals surface area contributed by atoms with E-state index in [2.05, 4.69) is 0 Å². The lowest BCUT2D eigenvalue weighted by Crippen LogP contribution is -2.36. The molecule has 0 unspecified atom stereocenters. The van der Waals surface area contributed by atoms with Crippen LogP contribution >= 0.6 is 0 Å². The molecule has 0 atom stereocenters. The van der Waals surface area contributed by atoms with Crippen LogP contribution in [0.1, 0.15) is 26.7 Å². The van der Waals surface area contributed by atoms with Crippen molar-refractivity contribution in [2.24, 2.45) is 5.92 Å². The van der Waals surface area contributed by atoms with Gasteiger partial charge in [-0.2, -0.15) is 4.31 Å². The van der Waals surface area contributed by atoms with E-state index in [1.807, 2.05) is 13.8 Å². The van der Waals surface area contributed by atoms with Gasteiger partial charge in [-0.25, -0.2) is 8.42 Å². The fourth-order valence-electron chi connectivity index (χ4n) is 2.15. The third-order valence-electron chi connectivity index (χ3n) is 3.31. The minimum atomic E-state index is -3.48. The second-order valence-corrected chi connectivity index (χ2v) is 7.49. The van der Waals surface area contributed by atoms with Crippen LogP contribution in [-0.4, -0.2) is 32.4 Å². The van der Waals surface area contributed by atoms with Gasteiger partial charge in [0.25, 0.3) is 0 Å². The van der Waals surface area contributed by atoms with Gasteiger partial charge in [0, 0.05) is 18.7 Å². The number of hydrogen-bond donors (Lipinski definition) is 1. The van der Waals surface area contributed by atoms with E-state index < -0.39 is 10.0 Å². The van der Waals surface area contributed by atoms with Gasteiger partial charge >= 0.3 is 0 Å². The highest BCUT2D eigenvalue weighted by atomic mass is 32.2. The number of nitrogens with two attached hydrogens (primary N) is 1. The Morgan fingerprint density at radius 2 is 2.05 bits per heavy atom. The molecule has 1 aromatic rings. The second kappa shape index (κ2) is 5.61. The van der Waals surface area contributed by atoms with Crippen molar-refractivity contribution in [2.45, 2.75) is 37.6 Å². The number of anilines is 1. The summed E-state index contributed by atoms with van der Waals surface area (Å²) >= 11 is 0. The first-order chi connectivity index (χ1) is 9.36. The zero-order valence-corrected chi connectivity index (χ0v) is 13.0. The minimum absolute atomic E-state index is 0.144. The van der Waals surface area contributed by atoms with Crippen molar-refractivity contribution in [1.82, 2.24) is 4.31 Å². The molecule has 112 valence electrons. The zero-order valence-electron chi connectivity index (χ0n) is 12.2. The number of sulfonamides is 1. The van der Waals surface area contributed by atoms with E-state index in [9.17, 15) is 8.42 Å². The highest BCUT2D eigenvalue weighted by Crippen LogP contribution is 2.34. The van der Waals surface area contributed by atoms with Crippen molar-refractivity contribution < 1.29 is 13.2 Å². The molecule has 0 spiro atoms. The molecular formula is C14H22N2O3S. The van der Waals surface area contributed by atoms with Crippen LogP contribution in [0.3, 0.4) is 0 Å². The number of methoxy groups -OCH3 is 1. The van der Waals surface area contributed by atoms with Crippen molar-refractivity contribution in [3.63, 3.8) is 0 Å². The van der Waals surface area contributed by atoms with Crippen molar-refractivity contribution in [1.29, 1.82) is 0 Å². The van der Waals surface area contributed by atoms with Gasteiger partial charge in [-0.3, -0.25) is 0 Å². The first kappa shape index (κ1) is 15.1. The predicted octanol–water partition coefficient (Wildman–Crippen LogP) is 2.09. The molecule has 6 heteroatoms. The molecule has 0 aromatic heterocycles. The van der Waals surface area contributed by atoms with E-state index in [-0.39, 0.29) is 10.9 Å². The van der Waals surface area contributed by atoms with Gasteiger partial charge in [0.15, 0.2) is 0 Å². The molecule has 0 aliphatic heterocycles. The molecule has 0 amide bonds. The molecule has 0 saturated heterocycles. The topological polar surface area (TPSA) is 72.6 Å². The van der Waals surface area contributed by atoms with Gasteiger partial charge in [0.2, 0.25) is 10.0 Å². The first-order valence-corrected chi connectivity index (χ1v) is 8.25. The van der Waals surface area contributed by atoms with Gasteiger partial charge in [-0.05, 0) is 30.9 Å². The van der Waals surface area contributed by atoms with Crippen LogP contribution in [0.15, 0.2) is 23.1 Å². The van der Waals surface area contributed by atoms with Crippen LogP contribution in [0.5, 0.6) is 5.75 Å². The summed E-state index contributed by atoms with van der Waals surface area (Å²) in [5.41, 5.74) is 6.18. The van der Waals surface area contributed by atoms with Gasteiger partial charge in [0.05, 0.1) is 17.7 Å². The highest BCUT2D eigenvalue weighted by Gasteiger charge is 2.38. The summed E-state index contributed by atoms with van der Waals surface area (Å²) in [5, 5.41) is 0. The molecule has 1 aliphatic carbocycles. The Morgan fingerprint density at radius 3 is 2.55 bits per heavy atom. The molecule has 0 radical (unpaired) electrons. The minimum Gasteiger partial charge on any atom is -0.495 e. The van der Waals surface area contributed by atoms with Crippen LogP contribution in [0.2, 0.25) is 0 Å². The van der Waals surface area contributed by atoms with Gasteiger partial charge in [0.1, 0.15) is 5.75 Å². The lowest BCUT2D eigenvalue weighted by molar-refractivity contribution is 0.359. The molecule has 1 saturated carbocycles. The van der Waals surface area contributed by atoms with Crippen molar-refractivity contribution in [2.75, 3.05) is 19.4 Å². The Morgan fingerprint density at radius 1 is 1.40 bits per heavy atom. The normalized spacial score (nSPS) is 15.8. The maximum atomic E-state index is 12.8. The zero-order chi connectivity index (χ0) is 14.9. The number of nitrogen functional groups attached to an aromatic ring is 1. The quantitative estimate of drug-likeness (QED) is 0.816. The van der Waals surface area contributed by atoms with E-state index >= 15 is 0 Å². The molecule has 1 aromatic carbocycles. The summed E-state index contributed by atoms with van der Waals surface area (Å²) in [4.78, 5) is 0.246. The van der Waals surface area contributed by atoms with E-state index in [1.54, 1.807) is 16.4 Å². The molecule has 1 aliphatic rings. The number of benzene rings is 1. The van der Waals surface area contributed by atoms with Crippen LogP contribution in [0, 0.1) is 5.92 Å². The molecule has 2 N–H and O–H groups in total. The van der Waals surface area contributed by atoms with E-state index in [4.69, 9.17) is 10.5 Å². The summed E-state index contributed by atoms with van der Waals surface area (Å²) < 4.78 is 32.2. The monoisotopic (exact) mass is 298 g/mol. The van der Waals surface area contributed by atoms with E-state index in [0.717, 1.165) is 12.8 Å². The van der Waals surface area contributed by atoms with Gasteiger partial charge < -0.3 is 10.5 Å². The number of rotatable bonds is 6. The van der Waals surface area contributed by atoms with Gasteiger partial charge in [-0.1, -0.05) is 13.8 Å². The smallest absolute Gasteiger partial charge is 0.243 e. The molecule has 1 fully saturated rings. The highest BCUT2D eigenvalue weighted by molar-refractivity contribution is 7.89. The number of ether oxygens (including phenoxy) is 1. The van der Waals surface area contributed by atoms with Gasteiger partial charge in [-0.15, -0.1) is 0 Å². The average molecular weight is 298 g/mol. The lowest BCUT2D eigenvalue weighted by atomic mass is 10.2. The van der Waals surface area contributed by atoms with Crippen LogP contribution < -0.4 is 10.5 Å². The SMILES string of the molecule is COc1cc(S(=O)(=O)N(CC(C)C)C2CC2)ccc1N. The molecule has 2 rings (SSSR count). The maximum Gasteiger partial charge on any atom is 0.243 e. The van der Waals surface area contributed by atoms with Crippen LogP contribution in [0.25, 0.3) is 0 Å². The summed E-state index contributed by atoms with van der Waals surface area (Å²) in [7, 11) is -2.00. The van der Waals surface area contributed by atoms with E-state index in [0.29, 0.717) is 23.9 Å².